The van der Waals surface area contributed by atoms with E-state index in [0.717, 1.165) is 33.9 Å². The summed E-state index contributed by atoms with van der Waals surface area (Å²) in [6.07, 6.45) is 1.78. The van der Waals surface area contributed by atoms with Crippen LogP contribution in [0.2, 0.25) is 5.02 Å². The zero-order chi connectivity index (χ0) is 26.0. The van der Waals surface area contributed by atoms with Crippen LogP contribution in [0, 0.1) is 5.41 Å². The van der Waals surface area contributed by atoms with Gasteiger partial charge < -0.3 is 9.64 Å². The van der Waals surface area contributed by atoms with Gasteiger partial charge in [0, 0.05) is 35.2 Å². The van der Waals surface area contributed by atoms with Crippen molar-refractivity contribution in [3.63, 3.8) is 0 Å². The highest BCUT2D eigenvalue weighted by molar-refractivity contribution is 7.99. The summed E-state index contributed by atoms with van der Waals surface area (Å²) >= 11 is 8.43. The highest BCUT2D eigenvalue weighted by Crippen LogP contribution is 2.42. The average molecular weight is 516 g/mol. The summed E-state index contributed by atoms with van der Waals surface area (Å²) in [5, 5.41) is 0.902. The lowest BCUT2D eigenvalue weighted by molar-refractivity contribution is 0.0258. The summed E-state index contributed by atoms with van der Waals surface area (Å²) in [5.74, 6) is 0.176. The molecule has 0 aliphatic carbocycles. The minimum Gasteiger partial charge on any atom is -0.444 e. The first-order valence-electron chi connectivity index (χ1n) is 12.3. The molecule has 6 heteroatoms. The van der Waals surface area contributed by atoms with Crippen LogP contribution in [0.4, 0.5) is 4.79 Å². The number of hydrogen-bond donors (Lipinski definition) is 0. The van der Waals surface area contributed by atoms with Crippen LogP contribution in [0.1, 0.15) is 87.2 Å². The second kappa shape index (κ2) is 11.0. The molecular formula is C29H38ClNO3S. The summed E-state index contributed by atoms with van der Waals surface area (Å²) in [6.45, 7) is 15.3. The van der Waals surface area contributed by atoms with Crippen molar-refractivity contribution < 1.29 is 14.3 Å². The van der Waals surface area contributed by atoms with Crippen LogP contribution in [0.15, 0.2) is 41.3 Å². The molecule has 0 spiro atoms. The zero-order valence-corrected chi connectivity index (χ0v) is 23.6. The van der Waals surface area contributed by atoms with E-state index in [4.69, 9.17) is 16.3 Å². The van der Waals surface area contributed by atoms with E-state index in [9.17, 15) is 9.59 Å². The minimum atomic E-state index is -0.511. The molecule has 1 aliphatic heterocycles. The Morgan fingerprint density at radius 1 is 1.00 bits per heavy atom. The number of carbonyl (C=O) groups is 2. The number of hydrogen-bond acceptors (Lipinski definition) is 4. The van der Waals surface area contributed by atoms with Crippen LogP contribution in [0.3, 0.4) is 0 Å². The van der Waals surface area contributed by atoms with E-state index in [1.807, 2.05) is 51.1 Å². The van der Waals surface area contributed by atoms with Crippen LogP contribution < -0.4 is 0 Å². The van der Waals surface area contributed by atoms with Gasteiger partial charge in [-0.1, -0.05) is 62.7 Å². The molecule has 0 bridgehead atoms. The van der Waals surface area contributed by atoms with E-state index >= 15 is 0 Å². The van der Waals surface area contributed by atoms with Crippen molar-refractivity contribution in [2.24, 2.45) is 5.41 Å². The first-order chi connectivity index (χ1) is 16.2. The summed E-state index contributed by atoms with van der Waals surface area (Å²) < 4.78 is 5.59. The van der Waals surface area contributed by atoms with Crippen LogP contribution in [0.5, 0.6) is 0 Å². The topological polar surface area (TPSA) is 46.6 Å². The van der Waals surface area contributed by atoms with Gasteiger partial charge in [-0.05, 0) is 68.7 Å². The summed E-state index contributed by atoms with van der Waals surface area (Å²) in [5.41, 5.74) is 3.83. The Balaban J connectivity index is 1.74. The van der Waals surface area contributed by atoms with Crippen molar-refractivity contribution in [3.05, 3.63) is 63.7 Å². The second-order valence-corrected chi connectivity index (χ2v) is 13.3. The Kier molecular flexibility index (Phi) is 8.64. The molecule has 0 N–H and O–H groups in total. The Hall–Kier alpha value is -1.98. The fourth-order valence-corrected chi connectivity index (χ4v) is 5.68. The third-order valence-corrected chi connectivity index (χ3v) is 7.69. The van der Waals surface area contributed by atoms with Gasteiger partial charge in [0.15, 0.2) is 5.78 Å². The minimum absolute atomic E-state index is 0.0280. The third-order valence-electron chi connectivity index (χ3n) is 5.93. The molecule has 4 nitrogen and oxygen atoms in total. The molecule has 1 amide bonds. The molecule has 190 valence electrons. The predicted molar refractivity (Wildman–Crippen MR) is 146 cm³/mol. The first kappa shape index (κ1) is 27.6. The van der Waals surface area contributed by atoms with Gasteiger partial charge in [-0.2, -0.15) is 0 Å². The van der Waals surface area contributed by atoms with Crippen LogP contribution in [0.25, 0.3) is 0 Å². The first-order valence-corrected chi connectivity index (χ1v) is 13.6. The van der Waals surface area contributed by atoms with Gasteiger partial charge in [-0.15, -0.1) is 11.8 Å². The SMILES string of the molecule is C[C@H](Sc1c(Cl)ccc2c1CCN(C(=O)OC(C)(C)C)CC2)c1ccc(C(=O)CC(C)(C)C)cc1. The fourth-order valence-electron chi connectivity index (χ4n) is 4.17. The maximum Gasteiger partial charge on any atom is 0.410 e. The molecule has 3 rings (SSSR count). The van der Waals surface area contributed by atoms with Gasteiger partial charge in [0.05, 0.1) is 5.02 Å². The Bertz CT molecular complexity index is 1070. The number of benzene rings is 2. The molecular weight excluding hydrogens is 478 g/mol. The molecule has 1 heterocycles. The maximum atomic E-state index is 12.6. The third kappa shape index (κ3) is 7.75. The number of amides is 1. The largest absolute Gasteiger partial charge is 0.444 e. The number of thioether (sulfide) groups is 1. The highest BCUT2D eigenvalue weighted by Gasteiger charge is 2.26. The molecule has 0 unspecified atom stereocenters. The van der Waals surface area contributed by atoms with Crippen LogP contribution in [-0.4, -0.2) is 35.5 Å². The number of halogens is 1. The highest BCUT2D eigenvalue weighted by atomic mass is 35.5. The summed E-state index contributed by atoms with van der Waals surface area (Å²) in [7, 11) is 0. The number of fused-ring (bicyclic) bond motifs is 1. The van der Waals surface area contributed by atoms with E-state index < -0.39 is 5.60 Å². The van der Waals surface area contributed by atoms with Crippen molar-refractivity contribution in [3.8, 4) is 0 Å². The molecule has 1 aliphatic rings. The van der Waals surface area contributed by atoms with Crippen LogP contribution in [-0.2, 0) is 17.6 Å². The van der Waals surface area contributed by atoms with E-state index in [1.165, 1.54) is 11.1 Å². The summed E-state index contributed by atoms with van der Waals surface area (Å²) in [6, 6.07) is 12.0. The molecule has 0 radical (unpaired) electrons. The summed E-state index contributed by atoms with van der Waals surface area (Å²) in [4.78, 5) is 28.1. The molecule has 35 heavy (non-hydrogen) atoms. The molecule has 0 saturated carbocycles. The Morgan fingerprint density at radius 3 is 2.23 bits per heavy atom. The normalized spacial score (nSPS) is 15.3. The van der Waals surface area contributed by atoms with Gasteiger partial charge in [-0.25, -0.2) is 4.79 Å². The molecule has 0 fully saturated rings. The molecule has 2 aromatic carbocycles. The van der Waals surface area contributed by atoms with Gasteiger partial charge >= 0.3 is 6.09 Å². The van der Waals surface area contributed by atoms with Crippen molar-refractivity contribution in [2.45, 2.75) is 83.5 Å². The number of Topliss-reactive ketones (excluding diaryl/α,β-unsaturated/α-hetero) is 1. The lowest BCUT2D eigenvalue weighted by atomic mass is 9.88. The smallest absolute Gasteiger partial charge is 0.410 e. The van der Waals surface area contributed by atoms with Crippen molar-refractivity contribution in [1.29, 1.82) is 0 Å². The van der Waals surface area contributed by atoms with E-state index in [-0.39, 0.29) is 22.5 Å². The Morgan fingerprint density at radius 2 is 1.63 bits per heavy atom. The number of nitrogens with zero attached hydrogens (tertiary/aromatic N) is 1. The molecule has 1 atom stereocenters. The number of carbonyl (C=O) groups excluding carboxylic acids is 2. The van der Waals surface area contributed by atoms with Crippen molar-refractivity contribution >= 4 is 35.2 Å². The maximum absolute atomic E-state index is 12.6. The molecule has 0 aromatic heterocycles. The van der Waals surface area contributed by atoms with Crippen molar-refractivity contribution in [1.82, 2.24) is 4.90 Å². The van der Waals surface area contributed by atoms with Gasteiger partial charge in [0.25, 0.3) is 0 Å². The number of ketones is 1. The second-order valence-electron chi connectivity index (χ2n) is 11.5. The quantitative estimate of drug-likeness (QED) is 0.297. The lowest BCUT2D eigenvalue weighted by Gasteiger charge is -2.26. The monoisotopic (exact) mass is 515 g/mol. The zero-order valence-electron chi connectivity index (χ0n) is 22.0. The van der Waals surface area contributed by atoms with E-state index in [1.54, 1.807) is 16.7 Å². The Labute approximate surface area is 219 Å². The predicted octanol–water partition coefficient (Wildman–Crippen LogP) is 8.15. The van der Waals surface area contributed by atoms with Crippen LogP contribution >= 0.6 is 23.4 Å². The number of ether oxygens (including phenoxy) is 1. The number of rotatable bonds is 5. The van der Waals surface area contributed by atoms with Gasteiger partial charge in [0.1, 0.15) is 5.60 Å². The molecule has 2 aromatic rings. The lowest BCUT2D eigenvalue weighted by Crippen LogP contribution is -2.38. The van der Waals surface area contributed by atoms with Gasteiger partial charge in [-0.3, -0.25) is 4.79 Å². The van der Waals surface area contributed by atoms with Crippen molar-refractivity contribution in [2.75, 3.05) is 13.1 Å². The van der Waals surface area contributed by atoms with E-state index in [0.29, 0.717) is 19.5 Å². The molecule has 0 saturated heterocycles. The van der Waals surface area contributed by atoms with E-state index in [2.05, 4.69) is 33.8 Å². The average Bonchev–Trinajstić information content (AvgIpc) is 2.96. The standard InChI is InChI=1S/C29H38ClNO3S/c1-19(20-8-10-22(11-9-20)25(32)18-28(2,3)4)35-26-23-15-17-31(27(33)34-29(5,6)7)16-14-21(23)12-13-24(26)30/h8-13,19H,14-18H2,1-7H3/t19-/m0/s1. The van der Waals surface area contributed by atoms with Gasteiger partial charge in [0.2, 0.25) is 0 Å². The fraction of sp³-hybridized carbons (Fsp3) is 0.517.